The van der Waals surface area contributed by atoms with Crippen LogP contribution >= 0.6 is 0 Å². The smallest absolute Gasteiger partial charge is 0.178 e. The minimum Gasteiger partial charge on any atom is -0.294 e. The molecule has 0 aliphatic heterocycles. The molecule has 0 radical (unpaired) electrons. The number of benzene rings is 1. The minimum absolute atomic E-state index is 0.107. The van der Waals surface area contributed by atoms with E-state index in [1.54, 1.807) is 16.8 Å². The summed E-state index contributed by atoms with van der Waals surface area (Å²) in [6, 6.07) is 7.06. The van der Waals surface area contributed by atoms with Crippen molar-refractivity contribution in [3.05, 3.63) is 54.0 Å². The fraction of sp³-hybridized carbons (Fsp3) is 0.200. The van der Waals surface area contributed by atoms with Crippen molar-refractivity contribution in [1.82, 2.24) is 14.5 Å². The van der Waals surface area contributed by atoms with Crippen LogP contribution in [0.1, 0.15) is 25.6 Å². The van der Waals surface area contributed by atoms with E-state index in [2.05, 4.69) is 9.97 Å². The van der Waals surface area contributed by atoms with Gasteiger partial charge in [-0.2, -0.15) is 0 Å². The van der Waals surface area contributed by atoms with Crippen molar-refractivity contribution < 1.29 is 8.78 Å². The summed E-state index contributed by atoms with van der Waals surface area (Å²) in [6.07, 6.45) is 1.65. The summed E-state index contributed by atoms with van der Waals surface area (Å²) in [5.74, 6) is -0.389. The maximum Gasteiger partial charge on any atom is 0.178 e. The van der Waals surface area contributed by atoms with Crippen molar-refractivity contribution in [2.75, 3.05) is 0 Å². The van der Waals surface area contributed by atoms with E-state index in [0.717, 1.165) is 17.4 Å². The first-order chi connectivity index (χ1) is 9.56. The quantitative estimate of drug-likeness (QED) is 0.710. The number of hydrogen-bond donors (Lipinski definition) is 0. The second-order valence-corrected chi connectivity index (χ2v) is 4.93. The summed E-state index contributed by atoms with van der Waals surface area (Å²) < 4.78 is 28.7. The second-order valence-electron chi connectivity index (χ2n) is 4.93. The fourth-order valence-corrected chi connectivity index (χ4v) is 2.26. The van der Waals surface area contributed by atoms with Crippen LogP contribution in [0, 0.1) is 11.6 Å². The predicted octanol–water partition coefficient (Wildman–Crippen LogP) is 3.82. The van der Waals surface area contributed by atoms with Gasteiger partial charge in [-0.1, -0.05) is 13.8 Å². The Hall–Kier alpha value is -2.30. The lowest BCUT2D eigenvalue weighted by molar-refractivity contribution is 0.581. The van der Waals surface area contributed by atoms with Gasteiger partial charge in [0.25, 0.3) is 0 Å². The minimum atomic E-state index is -0.611. The summed E-state index contributed by atoms with van der Waals surface area (Å²) in [5, 5.41) is 0. The molecule has 20 heavy (non-hydrogen) atoms. The van der Waals surface area contributed by atoms with Gasteiger partial charge in [0.2, 0.25) is 0 Å². The normalized spacial score (nSPS) is 11.4. The molecule has 1 aromatic carbocycles. The molecule has 0 aliphatic rings. The molecule has 3 aromatic rings. The Morgan fingerprint density at radius 3 is 2.45 bits per heavy atom. The first kappa shape index (κ1) is 12.7. The molecule has 3 rings (SSSR count). The molecule has 0 fully saturated rings. The van der Waals surface area contributed by atoms with Crippen molar-refractivity contribution in [2.45, 2.75) is 19.8 Å². The van der Waals surface area contributed by atoms with Crippen LogP contribution in [0.2, 0.25) is 0 Å². The summed E-state index contributed by atoms with van der Waals surface area (Å²) in [5.41, 5.74) is 1.73. The number of rotatable bonds is 2. The van der Waals surface area contributed by atoms with E-state index in [-0.39, 0.29) is 5.92 Å². The van der Waals surface area contributed by atoms with Gasteiger partial charge in [-0.05, 0) is 24.3 Å². The van der Waals surface area contributed by atoms with Gasteiger partial charge in [0.1, 0.15) is 17.5 Å². The highest BCUT2D eigenvalue weighted by atomic mass is 19.1. The Bertz CT molecular complexity index is 758. The average molecular weight is 273 g/mol. The third-order valence-corrected chi connectivity index (χ3v) is 3.08. The summed E-state index contributed by atoms with van der Waals surface area (Å²) >= 11 is 0. The first-order valence-electron chi connectivity index (χ1n) is 6.36. The van der Waals surface area contributed by atoms with Gasteiger partial charge in [-0.3, -0.25) is 4.57 Å². The van der Waals surface area contributed by atoms with Gasteiger partial charge >= 0.3 is 0 Å². The molecule has 2 aromatic heterocycles. The molecule has 0 saturated carbocycles. The predicted molar refractivity (Wildman–Crippen MR) is 72.9 cm³/mol. The van der Waals surface area contributed by atoms with E-state index >= 15 is 0 Å². The highest BCUT2D eigenvalue weighted by molar-refractivity contribution is 5.74. The largest absolute Gasteiger partial charge is 0.294 e. The Labute approximate surface area is 114 Å². The lowest BCUT2D eigenvalue weighted by atomic mass is 10.2. The van der Waals surface area contributed by atoms with E-state index < -0.39 is 11.6 Å². The lowest BCUT2D eigenvalue weighted by Gasteiger charge is -2.11. The van der Waals surface area contributed by atoms with Crippen molar-refractivity contribution in [2.24, 2.45) is 0 Å². The Balaban J connectivity index is 2.36. The third kappa shape index (κ3) is 2.05. The Morgan fingerprint density at radius 2 is 1.80 bits per heavy atom. The zero-order valence-electron chi connectivity index (χ0n) is 11.1. The van der Waals surface area contributed by atoms with Crippen LogP contribution in [0.5, 0.6) is 0 Å². The van der Waals surface area contributed by atoms with Crippen molar-refractivity contribution >= 4 is 11.2 Å². The zero-order chi connectivity index (χ0) is 14.3. The number of fused-ring (bicyclic) bond motifs is 1. The van der Waals surface area contributed by atoms with Crippen molar-refractivity contribution in [3.8, 4) is 5.69 Å². The lowest BCUT2D eigenvalue weighted by Crippen LogP contribution is -2.04. The van der Waals surface area contributed by atoms with Crippen LogP contribution in [0.25, 0.3) is 16.9 Å². The Kier molecular flexibility index (Phi) is 2.97. The van der Waals surface area contributed by atoms with E-state index in [9.17, 15) is 8.78 Å². The summed E-state index contributed by atoms with van der Waals surface area (Å²) in [4.78, 5) is 8.65. The summed E-state index contributed by atoms with van der Waals surface area (Å²) in [6.45, 7) is 3.96. The van der Waals surface area contributed by atoms with Crippen LogP contribution < -0.4 is 0 Å². The van der Waals surface area contributed by atoms with E-state index in [1.165, 1.54) is 12.1 Å². The molecule has 0 atom stereocenters. The topological polar surface area (TPSA) is 30.7 Å². The molecule has 0 unspecified atom stereocenters. The van der Waals surface area contributed by atoms with Crippen LogP contribution in [0.3, 0.4) is 0 Å². The van der Waals surface area contributed by atoms with Crippen molar-refractivity contribution in [3.63, 3.8) is 0 Å². The van der Waals surface area contributed by atoms with Crippen LogP contribution in [0.4, 0.5) is 8.78 Å². The molecule has 2 heterocycles. The molecular formula is C15H13F2N3. The molecule has 0 aliphatic carbocycles. The highest BCUT2D eigenvalue weighted by Gasteiger charge is 2.16. The number of nitrogens with zero attached hydrogens (tertiary/aromatic N) is 3. The van der Waals surface area contributed by atoms with Gasteiger partial charge in [0.05, 0.1) is 11.2 Å². The fourth-order valence-electron chi connectivity index (χ4n) is 2.26. The standard InChI is InChI=1S/C15H13F2N3/c1-9(2)15-19-14-13(4-3-5-18-14)20(15)12-7-10(16)6-11(17)8-12/h3-9H,1-2H3. The molecule has 3 nitrogen and oxygen atoms in total. The van der Waals surface area contributed by atoms with Gasteiger partial charge in [0.15, 0.2) is 5.65 Å². The highest BCUT2D eigenvalue weighted by Crippen LogP contribution is 2.25. The Morgan fingerprint density at radius 1 is 1.10 bits per heavy atom. The van der Waals surface area contributed by atoms with Crippen LogP contribution in [-0.2, 0) is 0 Å². The molecule has 5 heteroatoms. The molecule has 0 N–H and O–H groups in total. The average Bonchev–Trinajstić information content (AvgIpc) is 2.77. The van der Waals surface area contributed by atoms with Crippen LogP contribution in [0.15, 0.2) is 36.5 Å². The molecule has 0 saturated heterocycles. The molecule has 0 amide bonds. The van der Waals surface area contributed by atoms with Gasteiger partial charge in [0, 0.05) is 18.2 Å². The zero-order valence-corrected chi connectivity index (χ0v) is 11.1. The molecule has 0 spiro atoms. The number of hydrogen-bond acceptors (Lipinski definition) is 2. The molecule has 0 bridgehead atoms. The number of imidazole rings is 1. The monoisotopic (exact) mass is 273 g/mol. The van der Waals surface area contributed by atoms with Gasteiger partial charge < -0.3 is 0 Å². The summed E-state index contributed by atoms with van der Waals surface area (Å²) in [7, 11) is 0. The third-order valence-electron chi connectivity index (χ3n) is 3.08. The maximum atomic E-state index is 13.5. The van der Waals surface area contributed by atoms with E-state index in [0.29, 0.717) is 11.3 Å². The maximum absolute atomic E-state index is 13.5. The SMILES string of the molecule is CC(C)c1nc2ncccc2n1-c1cc(F)cc(F)c1. The first-order valence-corrected chi connectivity index (χ1v) is 6.36. The molecule has 102 valence electrons. The second kappa shape index (κ2) is 4.67. The number of pyridine rings is 1. The van der Waals surface area contributed by atoms with Gasteiger partial charge in [-0.15, -0.1) is 0 Å². The van der Waals surface area contributed by atoms with Crippen LogP contribution in [-0.4, -0.2) is 14.5 Å². The molecular weight excluding hydrogens is 260 g/mol. The van der Waals surface area contributed by atoms with E-state index in [1.807, 2.05) is 19.9 Å². The van der Waals surface area contributed by atoms with Gasteiger partial charge in [-0.25, -0.2) is 18.7 Å². The van der Waals surface area contributed by atoms with E-state index in [4.69, 9.17) is 0 Å². The number of halogens is 2. The van der Waals surface area contributed by atoms with Crippen molar-refractivity contribution in [1.29, 1.82) is 0 Å². The number of aromatic nitrogens is 3.